The summed E-state index contributed by atoms with van der Waals surface area (Å²) in [4.78, 5) is 13.2. The molecular formula is C21H23NO3S. The number of fused-ring (bicyclic) bond motifs is 2. The van der Waals surface area contributed by atoms with Crippen LogP contribution in [0.25, 0.3) is 0 Å². The summed E-state index contributed by atoms with van der Waals surface area (Å²) in [5.41, 5.74) is 2.10. The molecule has 4 unspecified atom stereocenters. The lowest BCUT2D eigenvalue weighted by Crippen LogP contribution is -2.52. The maximum atomic E-state index is 13.2. The van der Waals surface area contributed by atoms with Gasteiger partial charge in [-0.2, -0.15) is 11.8 Å². The molecule has 2 fully saturated rings. The van der Waals surface area contributed by atoms with Gasteiger partial charge in [-0.05, 0) is 12.1 Å². The van der Waals surface area contributed by atoms with Gasteiger partial charge in [0.1, 0.15) is 17.3 Å². The highest BCUT2D eigenvalue weighted by molar-refractivity contribution is 7.99. The molecule has 26 heavy (non-hydrogen) atoms. The summed E-state index contributed by atoms with van der Waals surface area (Å²) >= 11 is 1.87. The first kappa shape index (κ1) is 17.4. The third kappa shape index (κ3) is 2.89. The number of thioether (sulfide) groups is 1. The number of para-hydroxylation sites is 2. The average molecular weight is 369 g/mol. The number of carbonyl (C=O) groups excluding carboxylic acids is 1. The molecule has 5 heteroatoms. The van der Waals surface area contributed by atoms with Crippen molar-refractivity contribution in [3.63, 3.8) is 0 Å². The second kappa shape index (κ2) is 7.33. The molecule has 2 heterocycles. The Balaban J connectivity index is 1.78. The van der Waals surface area contributed by atoms with Crippen LogP contribution in [0.3, 0.4) is 0 Å². The van der Waals surface area contributed by atoms with E-state index in [0.29, 0.717) is 5.78 Å². The van der Waals surface area contributed by atoms with Gasteiger partial charge < -0.3 is 14.8 Å². The van der Waals surface area contributed by atoms with Crippen LogP contribution in [-0.2, 0) is 4.79 Å². The number of ketones is 1. The first-order valence-electron chi connectivity index (χ1n) is 8.88. The first-order valence-corrected chi connectivity index (χ1v) is 10.0. The zero-order chi connectivity index (χ0) is 18.1. The van der Waals surface area contributed by atoms with Gasteiger partial charge in [0.25, 0.3) is 0 Å². The predicted molar refractivity (Wildman–Crippen MR) is 104 cm³/mol. The van der Waals surface area contributed by atoms with Crippen LogP contribution >= 0.6 is 11.8 Å². The van der Waals surface area contributed by atoms with Crippen LogP contribution in [0.5, 0.6) is 11.5 Å². The molecule has 2 aromatic rings. The summed E-state index contributed by atoms with van der Waals surface area (Å²) in [6, 6.07) is 15.9. The number of hydrogen-bond donors (Lipinski definition) is 1. The number of piperidine rings is 1. The molecule has 4 nitrogen and oxygen atoms in total. The summed E-state index contributed by atoms with van der Waals surface area (Å²) in [6.07, 6.45) is 0. The molecule has 2 saturated heterocycles. The van der Waals surface area contributed by atoms with Gasteiger partial charge in [0.15, 0.2) is 0 Å². The lowest BCUT2D eigenvalue weighted by molar-refractivity contribution is -0.130. The molecule has 2 aliphatic heterocycles. The summed E-state index contributed by atoms with van der Waals surface area (Å²) in [5.74, 6) is 3.65. The summed E-state index contributed by atoms with van der Waals surface area (Å²) in [5, 5.41) is 3.77. The minimum absolute atomic E-state index is 0.0268. The predicted octanol–water partition coefficient (Wildman–Crippen LogP) is 3.64. The van der Waals surface area contributed by atoms with Crippen LogP contribution in [0.2, 0.25) is 0 Å². The van der Waals surface area contributed by atoms with Crippen molar-refractivity contribution < 1.29 is 14.3 Å². The third-order valence-corrected chi connectivity index (χ3v) is 6.63. The van der Waals surface area contributed by atoms with E-state index in [9.17, 15) is 4.79 Å². The fraction of sp³-hybridized carbons (Fsp3) is 0.381. The van der Waals surface area contributed by atoms with Gasteiger partial charge in [0, 0.05) is 46.6 Å². The molecule has 136 valence electrons. The lowest BCUT2D eigenvalue weighted by atomic mass is 9.75. The smallest absolute Gasteiger partial charge is 0.144 e. The topological polar surface area (TPSA) is 47.6 Å². The van der Waals surface area contributed by atoms with Gasteiger partial charge >= 0.3 is 0 Å². The second-order valence-electron chi connectivity index (χ2n) is 6.76. The van der Waals surface area contributed by atoms with Gasteiger partial charge in [0.05, 0.1) is 14.2 Å². The minimum Gasteiger partial charge on any atom is -0.496 e. The maximum Gasteiger partial charge on any atom is 0.144 e. The van der Waals surface area contributed by atoms with E-state index in [2.05, 4.69) is 17.4 Å². The van der Waals surface area contributed by atoms with Gasteiger partial charge in [-0.25, -0.2) is 0 Å². The number of carbonyl (C=O) groups is 1. The van der Waals surface area contributed by atoms with Gasteiger partial charge in [-0.15, -0.1) is 0 Å². The molecule has 4 rings (SSSR count). The molecule has 0 radical (unpaired) electrons. The Kier molecular flexibility index (Phi) is 4.92. The van der Waals surface area contributed by atoms with Crippen molar-refractivity contribution >= 4 is 17.5 Å². The van der Waals surface area contributed by atoms with Gasteiger partial charge in [0.2, 0.25) is 0 Å². The Bertz CT molecular complexity index is 746. The van der Waals surface area contributed by atoms with Crippen molar-refractivity contribution in [1.82, 2.24) is 5.32 Å². The quantitative estimate of drug-likeness (QED) is 0.892. The molecule has 0 amide bonds. The van der Waals surface area contributed by atoms with E-state index in [1.165, 1.54) is 0 Å². The fourth-order valence-corrected chi connectivity index (χ4v) is 5.53. The number of hydrogen-bond acceptors (Lipinski definition) is 5. The number of benzene rings is 2. The van der Waals surface area contributed by atoms with Crippen molar-refractivity contribution in [2.75, 3.05) is 25.7 Å². The second-order valence-corrected chi connectivity index (χ2v) is 7.83. The number of methoxy groups -OCH3 is 2. The van der Waals surface area contributed by atoms with E-state index in [1.807, 2.05) is 48.2 Å². The zero-order valence-corrected chi connectivity index (χ0v) is 15.8. The van der Waals surface area contributed by atoms with Crippen LogP contribution < -0.4 is 14.8 Å². The molecule has 1 N–H and O–H groups in total. The Morgan fingerprint density at radius 3 is 1.77 bits per heavy atom. The Hall–Kier alpha value is -1.98. The molecule has 2 aliphatic rings. The molecule has 2 bridgehead atoms. The normalized spacial score (nSPS) is 27.8. The maximum absolute atomic E-state index is 13.2. The standard InChI is InChI=1S/C21H23NO3S/c1-24-17-9-5-3-7-13(17)19-15-11-26-12-16(21(15)23)20(22-19)14-8-4-6-10-18(14)25-2/h3-10,15-16,19-20,22H,11-12H2,1-2H3. The number of ether oxygens (including phenoxy) is 2. The molecule has 0 aromatic heterocycles. The van der Waals surface area contributed by atoms with Crippen molar-refractivity contribution in [1.29, 1.82) is 0 Å². The largest absolute Gasteiger partial charge is 0.496 e. The Morgan fingerprint density at radius 2 is 1.31 bits per heavy atom. The van der Waals surface area contributed by atoms with Crippen LogP contribution in [0.1, 0.15) is 23.2 Å². The molecule has 0 aliphatic carbocycles. The van der Waals surface area contributed by atoms with Crippen molar-refractivity contribution in [2.45, 2.75) is 12.1 Å². The summed E-state index contributed by atoms with van der Waals surface area (Å²) in [6.45, 7) is 0. The zero-order valence-electron chi connectivity index (χ0n) is 15.0. The minimum atomic E-state index is -0.0578. The van der Waals surface area contributed by atoms with E-state index in [0.717, 1.165) is 34.1 Å². The van der Waals surface area contributed by atoms with Gasteiger partial charge in [-0.3, -0.25) is 4.79 Å². The lowest BCUT2D eigenvalue weighted by Gasteiger charge is -2.45. The highest BCUT2D eigenvalue weighted by Gasteiger charge is 2.48. The average Bonchev–Trinajstić information content (AvgIpc) is 2.68. The van der Waals surface area contributed by atoms with E-state index in [4.69, 9.17) is 9.47 Å². The van der Waals surface area contributed by atoms with E-state index >= 15 is 0 Å². The van der Waals surface area contributed by atoms with E-state index < -0.39 is 0 Å². The van der Waals surface area contributed by atoms with Crippen LogP contribution in [0, 0.1) is 11.8 Å². The molecular weight excluding hydrogens is 346 g/mol. The Morgan fingerprint density at radius 1 is 0.846 bits per heavy atom. The van der Waals surface area contributed by atoms with E-state index in [-0.39, 0.29) is 23.9 Å². The van der Waals surface area contributed by atoms with Crippen molar-refractivity contribution in [3.05, 3.63) is 59.7 Å². The van der Waals surface area contributed by atoms with Crippen molar-refractivity contribution in [3.8, 4) is 11.5 Å². The fourth-order valence-electron chi connectivity index (χ4n) is 4.17. The molecule has 0 spiro atoms. The number of rotatable bonds is 4. The molecule has 2 aromatic carbocycles. The van der Waals surface area contributed by atoms with Gasteiger partial charge in [-0.1, -0.05) is 36.4 Å². The highest BCUT2D eigenvalue weighted by atomic mass is 32.2. The van der Waals surface area contributed by atoms with E-state index in [1.54, 1.807) is 14.2 Å². The van der Waals surface area contributed by atoms with Crippen LogP contribution in [-0.4, -0.2) is 31.5 Å². The highest BCUT2D eigenvalue weighted by Crippen LogP contribution is 2.47. The molecule has 0 saturated carbocycles. The number of Topliss-reactive ketones (excluding diaryl/α,β-unsaturated/α-hetero) is 1. The summed E-state index contributed by atoms with van der Waals surface area (Å²) in [7, 11) is 3.36. The SMILES string of the molecule is COc1ccccc1C1NC(c2ccccc2OC)C2CSCC1C2=O. The first-order chi connectivity index (χ1) is 12.7. The summed E-state index contributed by atoms with van der Waals surface area (Å²) < 4.78 is 11.1. The third-order valence-electron chi connectivity index (χ3n) is 5.44. The molecule has 4 atom stereocenters. The van der Waals surface area contributed by atoms with Crippen LogP contribution in [0.4, 0.5) is 0 Å². The van der Waals surface area contributed by atoms with Crippen LogP contribution in [0.15, 0.2) is 48.5 Å². The van der Waals surface area contributed by atoms with Crippen molar-refractivity contribution in [2.24, 2.45) is 11.8 Å². The number of nitrogens with one attached hydrogen (secondary N) is 1. The monoisotopic (exact) mass is 369 g/mol. The Labute approximate surface area is 158 Å².